The van der Waals surface area contributed by atoms with E-state index in [0.29, 0.717) is 25.4 Å². The lowest BCUT2D eigenvalue weighted by Crippen LogP contribution is -2.39. The van der Waals surface area contributed by atoms with Gasteiger partial charge in [-0.3, -0.25) is 9.98 Å². The second kappa shape index (κ2) is 10.2. The number of aromatic nitrogens is 1. The summed E-state index contributed by atoms with van der Waals surface area (Å²) in [4.78, 5) is 8.78. The van der Waals surface area contributed by atoms with Crippen molar-refractivity contribution >= 4 is 5.96 Å². The van der Waals surface area contributed by atoms with E-state index in [9.17, 15) is 4.39 Å². The van der Waals surface area contributed by atoms with Crippen LogP contribution < -0.4 is 15.4 Å². The molecule has 0 fully saturated rings. The quantitative estimate of drug-likeness (QED) is 0.443. The fraction of sp³-hybridized carbons (Fsp3) is 0.333. The van der Waals surface area contributed by atoms with Gasteiger partial charge in [0, 0.05) is 37.5 Å². The molecule has 2 rings (SSSR count). The number of nitrogens with one attached hydrogen (secondary N) is 2. The van der Waals surface area contributed by atoms with Gasteiger partial charge in [0.15, 0.2) is 5.96 Å². The largest absolute Gasteiger partial charge is 0.492 e. The molecule has 0 aliphatic carbocycles. The number of halogens is 1. The maximum absolute atomic E-state index is 13.1. The van der Waals surface area contributed by atoms with Crippen LogP contribution in [0.1, 0.15) is 12.6 Å². The number of pyridine rings is 1. The molecule has 0 spiro atoms. The van der Waals surface area contributed by atoms with E-state index >= 15 is 0 Å². The van der Waals surface area contributed by atoms with Crippen molar-refractivity contribution in [2.24, 2.45) is 4.99 Å². The van der Waals surface area contributed by atoms with Crippen LogP contribution in [0, 0.1) is 5.82 Å². The molecule has 6 heteroatoms. The number of benzene rings is 1. The molecule has 0 aliphatic heterocycles. The van der Waals surface area contributed by atoms with Gasteiger partial charge in [-0.05, 0) is 31.2 Å². The number of hydrogen-bond acceptors (Lipinski definition) is 3. The third-order valence-corrected chi connectivity index (χ3v) is 3.17. The lowest BCUT2D eigenvalue weighted by Gasteiger charge is -2.12. The Morgan fingerprint density at radius 1 is 1.21 bits per heavy atom. The minimum Gasteiger partial charge on any atom is -0.492 e. The molecule has 1 heterocycles. The van der Waals surface area contributed by atoms with Crippen molar-refractivity contribution in [3.8, 4) is 5.75 Å². The lowest BCUT2D eigenvalue weighted by molar-refractivity contribution is 0.320. The Labute approximate surface area is 142 Å². The van der Waals surface area contributed by atoms with Gasteiger partial charge in [0.1, 0.15) is 18.2 Å². The van der Waals surface area contributed by atoms with Crippen LogP contribution in [0.3, 0.4) is 0 Å². The zero-order valence-electron chi connectivity index (χ0n) is 13.8. The van der Waals surface area contributed by atoms with Crippen LogP contribution in [0.4, 0.5) is 4.39 Å². The average Bonchev–Trinajstić information content (AvgIpc) is 2.60. The Morgan fingerprint density at radius 2 is 2.12 bits per heavy atom. The van der Waals surface area contributed by atoms with E-state index < -0.39 is 0 Å². The zero-order valence-corrected chi connectivity index (χ0v) is 13.8. The smallest absolute Gasteiger partial charge is 0.191 e. The topological polar surface area (TPSA) is 58.5 Å². The van der Waals surface area contributed by atoms with Crippen molar-refractivity contribution < 1.29 is 9.13 Å². The molecule has 1 aromatic carbocycles. The van der Waals surface area contributed by atoms with Gasteiger partial charge < -0.3 is 15.4 Å². The molecule has 0 saturated heterocycles. The van der Waals surface area contributed by atoms with Crippen molar-refractivity contribution in [3.63, 3.8) is 0 Å². The van der Waals surface area contributed by atoms with Crippen molar-refractivity contribution in [1.82, 2.24) is 15.6 Å². The molecule has 1 aromatic heterocycles. The van der Waals surface area contributed by atoms with Crippen LogP contribution >= 0.6 is 0 Å². The number of ether oxygens (including phenoxy) is 1. The molecule has 0 bridgehead atoms. The summed E-state index contributed by atoms with van der Waals surface area (Å²) in [6.45, 7) is 4.44. The summed E-state index contributed by atoms with van der Waals surface area (Å²) in [6.07, 6.45) is 2.57. The number of nitrogens with zero attached hydrogens (tertiary/aromatic N) is 2. The Hall–Kier alpha value is -2.63. The molecule has 2 N–H and O–H groups in total. The Bertz CT molecular complexity index is 634. The van der Waals surface area contributed by atoms with Crippen molar-refractivity contribution in [2.75, 3.05) is 26.2 Å². The fourth-order valence-electron chi connectivity index (χ4n) is 2.07. The molecule has 5 nitrogen and oxygen atoms in total. The molecule has 0 saturated carbocycles. The highest BCUT2D eigenvalue weighted by molar-refractivity contribution is 5.79. The first-order valence-corrected chi connectivity index (χ1v) is 8.08. The second-order valence-corrected chi connectivity index (χ2v) is 5.06. The molecular formula is C18H23FN4O. The molecule has 128 valence electrons. The van der Waals surface area contributed by atoms with Crippen LogP contribution in [0.25, 0.3) is 0 Å². The maximum atomic E-state index is 13.1. The Morgan fingerprint density at radius 3 is 2.88 bits per heavy atom. The third kappa shape index (κ3) is 6.64. The van der Waals surface area contributed by atoms with Crippen LogP contribution in [-0.2, 0) is 6.42 Å². The number of aliphatic imine (C=N–C) groups is 1. The van der Waals surface area contributed by atoms with Crippen LogP contribution in [0.15, 0.2) is 53.7 Å². The van der Waals surface area contributed by atoms with Gasteiger partial charge in [0.05, 0.1) is 6.54 Å². The van der Waals surface area contributed by atoms with Gasteiger partial charge in [-0.1, -0.05) is 12.1 Å². The van der Waals surface area contributed by atoms with E-state index in [1.54, 1.807) is 18.3 Å². The van der Waals surface area contributed by atoms with E-state index in [0.717, 1.165) is 24.6 Å². The van der Waals surface area contributed by atoms with E-state index in [-0.39, 0.29) is 5.82 Å². The zero-order chi connectivity index (χ0) is 17.0. The monoisotopic (exact) mass is 330 g/mol. The minimum atomic E-state index is -0.301. The first-order valence-electron chi connectivity index (χ1n) is 8.08. The highest BCUT2D eigenvalue weighted by Gasteiger charge is 1.99. The second-order valence-electron chi connectivity index (χ2n) is 5.06. The standard InChI is InChI=1S/C18H23FN4O/c1-2-20-18(22-11-9-16-7-3-4-10-21-16)23-12-13-24-17-8-5-6-15(19)14-17/h3-8,10,14H,2,9,11-13H2,1H3,(H2,20,22,23). The Balaban J connectivity index is 1.73. The first-order chi connectivity index (χ1) is 11.8. The van der Waals surface area contributed by atoms with E-state index in [1.807, 2.05) is 25.1 Å². The summed E-state index contributed by atoms with van der Waals surface area (Å²) in [5.74, 6) is 0.954. The van der Waals surface area contributed by atoms with Gasteiger partial charge in [-0.15, -0.1) is 0 Å². The summed E-state index contributed by atoms with van der Waals surface area (Å²) >= 11 is 0. The summed E-state index contributed by atoms with van der Waals surface area (Å²) in [7, 11) is 0. The van der Waals surface area contributed by atoms with Gasteiger partial charge in [-0.25, -0.2) is 4.39 Å². The molecule has 2 aromatic rings. The van der Waals surface area contributed by atoms with Crippen LogP contribution in [0.2, 0.25) is 0 Å². The molecule has 0 radical (unpaired) electrons. The van der Waals surface area contributed by atoms with Gasteiger partial charge in [0.25, 0.3) is 0 Å². The van der Waals surface area contributed by atoms with E-state index in [2.05, 4.69) is 20.6 Å². The number of hydrogen-bond donors (Lipinski definition) is 2. The van der Waals surface area contributed by atoms with Gasteiger partial charge >= 0.3 is 0 Å². The van der Waals surface area contributed by atoms with Gasteiger partial charge in [-0.2, -0.15) is 0 Å². The highest BCUT2D eigenvalue weighted by atomic mass is 19.1. The summed E-state index contributed by atoms with van der Waals surface area (Å²) in [5, 5.41) is 6.37. The third-order valence-electron chi connectivity index (χ3n) is 3.17. The van der Waals surface area contributed by atoms with Gasteiger partial charge in [0.2, 0.25) is 0 Å². The van der Waals surface area contributed by atoms with Crippen molar-refractivity contribution in [3.05, 3.63) is 60.2 Å². The van der Waals surface area contributed by atoms with Crippen molar-refractivity contribution in [1.29, 1.82) is 0 Å². The maximum Gasteiger partial charge on any atom is 0.191 e. The lowest BCUT2D eigenvalue weighted by atomic mass is 10.3. The molecule has 0 atom stereocenters. The number of rotatable bonds is 8. The predicted molar refractivity (Wildman–Crippen MR) is 93.8 cm³/mol. The van der Waals surface area contributed by atoms with E-state index in [1.165, 1.54) is 12.1 Å². The highest BCUT2D eigenvalue weighted by Crippen LogP contribution is 2.11. The first kappa shape index (κ1) is 17.7. The molecule has 24 heavy (non-hydrogen) atoms. The predicted octanol–water partition coefficient (Wildman–Crippen LogP) is 2.40. The SMILES string of the molecule is CCNC(=NCCc1ccccn1)NCCOc1cccc(F)c1. The molecule has 0 aliphatic rings. The molecule has 0 unspecified atom stereocenters. The summed E-state index contributed by atoms with van der Waals surface area (Å²) in [6, 6.07) is 12.0. The number of guanidine groups is 1. The summed E-state index contributed by atoms with van der Waals surface area (Å²) < 4.78 is 18.5. The molecular weight excluding hydrogens is 307 g/mol. The summed E-state index contributed by atoms with van der Waals surface area (Å²) in [5.41, 5.74) is 1.02. The van der Waals surface area contributed by atoms with Crippen molar-refractivity contribution in [2.45, 2.75) is 13.3 Å². The minimum absolute atomic E-state index is 0.301. The van der Waals surface area contributed by atoms with Crippen LogP contribution in [-0.4, -0.2) is 37.2 Å². The average molecular weight is 330 g/mol. The van der Waals surface area contributed by atoms with Crippen LogP contribution in [0.5, 0.6) is 5.75 Å². The molecule has 0 amide bonds. The normalized spacial score (nSPS) is 11.2. The Kier molecular flexibility index (Phi) is 7.53. The van der Waals surface area contributed by atoms with E-state index in [4.69, 9.17) is 4.74 Å². The fourth-order valence-corrected chi connectivity index (χ4v) is 2.07.